The van der Waals surface area contributed by atoms with E-state index in [0.717, 1.165) is 12.8 Å². The summed E-state index contributed by atoms with van der Waals surface area (Å²) in [6, 6.07) is -0.367. The number of hydrogen-bond acceptors (Lipinski definition) is 2. The van der Waals surface area contributed by atoms with Crippen LogP contribution in [0.15, 0.2) is 0 Å². The van der Waals surface area contributed by atoms with Crippen molar-refractivity contribution in [3.8, 4) is 0 Å². The molecule has 4 unspecified atom stereocenters. The Morgan fingerprint density at radius 3 is 2.55 bits per heavy atom. The average molecular weight is 280 g/mol. The van der Waals surface area contributed by atoms with E-state index < -0.39 is 0 Å². The van der Waals surface area contributed by atoms with Gasteiger partial charge in [0.25, 0.3) is 0 Å². The number of nitrogens with one attached hydrogen (secondary N) is 1. The Labute approximate surface area is 122 Å². The molecule has 1 saturated heterocycles. The minimum absolute atomic E-state index is 0.0321. The van der Waals surface area contributed by atoms with Crippen LogP contribution >= 0.6 is 0 Å². The molecular weight excluding hydrogens is 252 g/mol. The zero-order chi connectivity index (χ0) is 14.9. The highest BCUT2D eigenvalue weighted by atomic mass is 16.2. The fourth-order valence-electron chi connectivity index (χ4n) is 3.72. The van der Waals surface area contributed by atoms with Crippen LogP contribution in [0.4, 0.5) is 0 Å². The molecule has 0 aromatic heterocycles. The second-order valence-electron chi connectivity index (χ2n) is 6.83. The van der Waals surface area contributed by atoms with E-state index in [9.17, 15) is 9.59 Å². The zero-order valence-electron chi connectivity index (χ0n) is 13.2. The van der Waals surface area contributed by atoms with Crippen LogP contribution in [-0.4, -0.2) is 34.8 Å². The number of piperazine rings is 1. The molecule has 1 aliphatic carbocycles. The van der Waals surface area contributed by atoms with Gasteiger partial charge in [0.1, 0.15) is 12.1 Å². The second kappa shape index (κ2) is 6.15. The number of rotatable bonds is 3. The summed E-state index contributed by atoms with van der Waals surface area (Å²) in [5.41, 5.74) is 0. The van der Waals surface area contributed by atoms with Crippen molar-refractivity contribution in [3.05, 3.63) is 0 Å². The first kappa shape index (κ1) is 15.3. The molecule has 2 amide bonds. The highest BCUT2D eigenvalue weighted by molar-refractivity contribution is 5.97. The molecule has 4 nitrogen and oxygen atoms in total. The van der Waals surface area contributed by atoms with Gasteiger partial charge in [0.05, 0.1) is 0 Å². The lowest BCUT2D eigenvalue weighted by atomic mass is 9.83. The lowest BCUT2D eigenvalue weighted by molar-refractivity contribution is -0.155. The molecule has 4 atom stereocenters. The lowest BCUT2D eigenvalue weighted by Crippen LogP contribution is -2.67. The fourth-order valence-corrected chi connectivity index (χ4v) is 3.72. The molecule has 1 heterocycles. The minimum atomic E-state index is -0.324. The van der Waals surface area contributed by atoms with E-state index in [-0.39, 0.29) is 35.9 Å². The van der Waals surface area contributed by atoms with Gasteiger partial charge in [-0.3, -0.25) is 9.59 Å². The standard InChI is InChI=1S/C16H28N2O2/c1-5-13-16(20)18(12-8-6-7-11(4)9-12)14(10(2)3)15(19)17-13/h10-14H,5-9H2,1-4H3,(H,17,19). The molecule has 2 fully saturated rings. The number of nitrogens with zero attached hydrogens (tertiary/aromatic N) is 1. The molecule has 1 saturated carbocycles. The number of carbonyl (C=O) groups excluding carboxylic acids is 2. The summed E-state index contributed by atoms with van der Waals surface area (Å²) in [6.07, 6.45) is 5.17. The molecule has 0 radical (unpaired) electrons. The molecule has 2 rings (SSSR count). The summed E-state index contributed by atoms with van der Waals surface area (Å²) in [7, 11) is 0. The van der Waals surface area contributed by atoms with Crippen molar-refractivity contribution in [2.24, 2.45) is 11.8 Å². The van der Waals surface area contributed by atoms with E-state index in [1.54, 1.807) is 0 Å². The quantitative estimate of drug-likeness (QED) is 0.862. The molecule has 4 heteroatoms. The molecule has 0 spiro atoms. The molecule has 114 valence electrons. The van der Waals surface area contributed by atoms with Gasteiger partial charge < -0.3 is 10.2 Å². The van der Waals surface area contributed by atoms with Crippen molar-refractivity contribution in [2.75, 3.05) is 0 Å². The third-order valence-corrected chi connectivity index (χ3v) is 4.78. The molecule has 0 bridgehead atoms. The predicted molar refractivity (Wildman–Crippen MR) is 79.1 cm³/mol. The van der Waals surface area contributed by atoms with Gasteiger partial charge in [0.2, 0.25) is 11.8 Å². The Bertz CT molecular complexity index is 381. The summed E-state index contributed by atoms with van der Waals surface area (Å²) in [6.45, 7) is 8.27. The first-order valence-corrected chi connectivity index (χ1v) is 8.08. The minimum Gasteiger partial charge on any atom is -0.343 e. The zero-order valence-corrected chi connectivity index (χ0v) is 13.2. The van der Waals surface area contributed by atoms with E-state index in [1.807, 2.05) is 25.7 Å². The van der Waals surface area contributed by atoms with Gasteiger partial charge >= 0.3 is 0 Å². The van der Waals surface area contributed by atoms with Crippen molar-refractivity contribution >= 4 is 11.8 Å². The van der Waals surface area contributed by atoms with Crippen LogP contribution in [0.1, 0.15) is 59.8 Å². The van der Waals surface area contributed by atoms with Gasteiger partial charge in [-0.2, -0.15) is 0 Å². The van der Waals surface area contributed by atoms with E-state index >= 15 is 0 Å². The summed E-state index contributed by atoms with van der Waals surface area (Å²) in [5.74, 6) is 0.975. The van der Waals surface area contributed by atoms with Crippen molar-refractivity contribution in [3.63, 3.8) is 0 Å². The molecule has 20 heavy (non-hydrogen) atoms. The van der Waals surface area contributed by atoms with Gasteiger partial charge in [-0.05, 0) is 31.1 Å². The van der Waals surface area contributed by atoms with Gasteiger partial charge in [0, 0.05) is 6.04 Å². The number of amides is 2. The molecule has 1 N–H and O–H groups in total. The maximum Gasteiger partial charge on any atom is 0.246 e. The van der Waals surface area contributed by atoms with Gasteiger partial charge in [0.15, 0.2) is 0 Å². The van der Waals surface area contributed by atoms with Gasteiger partial charge in [-0.1, -0.05) is 40.5 Å². The topological polar surface area (TPSA) is 49.4 Å². The Balaban J connectivity index is 2.26. The summed E-state index contributed by atoms with van der Waals surface area (Å²) < 4.78 is 0. The highest BCUT2D eigenvalue weighted by Crippen LogP contribution is 2.32. The summed E-state index contributed by atoms with van der Waals surface area (Å²) >= 11 is 0. The Morgan fingerprint density at radius 1 is 1.30 bits per heavy atom. The second-order valence-corrected chi connectivity index (χ2v) is 6.83. The lowest BCUT2D eigenvalue weighted by Gasteiger charge is -2.46. The Kier molecular flexibility index (Phi) is 4.71. The number of hydrogen-bond donors (Lipinski definition) is 1. The molecule has 1 aliphatic heterocycles. The average Bonchev–Trinajstić information content (AvgIpc) is 2.40. The van der Waals surface area contributed by atoms with Gasteiger partial charge in [-0.15, -0.1) is 0 Å². The fraction of sp³-hybridized carbons (Fsp3) is 0.875. The van der Waals surface area contributed by atoms with Crippen molar-refractivity contribution in [1.29, 1.82) is 0 Å². The highest BCUT2D eigenvalue weighted by Gasteiger charge is 2.44. The van der Waals surface area contributed by atoms with E-state index in [0.29, 0.717) is 12.3 Å². The third-order valence-electron chi connectivity index (χ3n) is 4.78. The summed E-state index contributed by atoms with van der Waals surface area (Å²) in [5, 5.41) is 2.90. The maximum absolute atomic E-state index is 12.7. The first-order chi connectivity index (χ1) is 9.45. The van der Waals surface area contributed by atoms with Crippen LogP contribution in [0.5, 0.6) is 0 Å². The van der Waals surface area contributed by atoms with Crippen LogP contribution in [0.25, 0.3) is 0 Å². The first-order valence-electron chi connectivity index (χ1n) is 8.08. The van der Waals surface area contributed by atoms with Crippen LogP contribution < -0.4 is 5.32 Å². The normalized spacial score (nSPS) is 35.4. The van der Waals surface area contributed by atoms with E-state index in [4.69, 9.17) is 0 Å². The van der Waals surface area contributed by atoms with Crippen molar-refractivity contribution in [2.45, 2.75) is 77.9 Å². The smallest absolute Gasteiger partial charge is 0.246 e. The molecular formula is C16H28N2O2. The molecule has 0 aromatic rings. The maximum atomic E-state index is 12.7. The SMILES string of the molecule is CCC1NC(=O)C(C(C)C)N(C2CCCC(C)C2)C1=O. The van der Waals surface area contributed by atoms with Crippen LogP contribution in [0.3, 0.4) is 0 Å². The van der Waals surface area contributed by atoms with E-state index in [2.05, 4.69) is 12.2 Å². The van der Waals surface area contributed by atoms with Gasteiger partial charge in [-0.25, -0.2) is 0 Å². The van der Waals surface area contributed by atoms with Crippen molar-refractivity contribution < 1.29 is 9.59 Å². The number of carbonyl (C=O) groups is 2. The third kappa shape index (κ3) is 2.84. The molecule has 2 aliphatic rings. The Morgan fingerprint density at radius 2 is 2.00 bits per heavy atom. The monoisotopic (exact) mass is 280 g/mol. The largest absolute Gasteiger partial charge is 0.343 e. The van der Waals surface area contributed by atoms with Crippen LogP contribution in [0.2, 0.25) is 0 Å². The van der Waals surface area contributed by atoms with Crippen molar-refractivity contribution in [1.82, 2.24) is 10.2 Å². The summed E-state index contributed by atoms with van der Waals surface area (Å²) in [4.78, 5) is 27.1. The van der Waals surface area contributed by atoms with E-state index in [1.165, 1.54) is 12.8 Å². The van der Waals surface area contributed by atoms with Crippen LogP contribution in [0, 0.1) is 11.8 Å². The van der Waals surface area contributed by atoms with Crippen LogP contribution in [-0.2, 0) is 9.59 Å². The predicted octanol–water partition coefficient (Wildman–Crippen LogP) is 2.33. The molecule has 0 aromatic carbocycles. The Hall–Kier alpha value is -1.06.